The lowest BCUT2D eigenvalue weighted by atomic mass is 10.2. The molecule has 0 bridgehead atoms. The zero-order valence-electron chi connectivity index (χ0n) is 10.4. The van der Waals surface area contributed by atoms with Crippen LogP contribution in [0, 0.1) is 10.1 Å². The van der Waals surface area contributed by atoms with Crippen molar-refractivity contribution in [3.8, 4) is 0 Å². The van der Waals surface area contributed by atoms with Gasteiger partial charge in [-0.05, 0) is 19.1 Å². The van der Waals surface area contributed by atoms with E-state index in [0.717, 1.165) is 5.69 Å². The number of hydrogen-bond donors (Lipinski definition) is 2. The summed E-state index contributed by atoms with van der Waals surface area (Å²) in [6.45, 7) is 3.01. The first-order valence-electron chi connectivity index (χ1n) is 5.84. The molecule has 1 aromatic carbocycles. The van der Waals surface area contributed by atoms with Gasteiger partial charge in [0, 0.05) is 11.9 Å². The minimum absolute atomic E-state index is 0.0691. The number of hydrogen-bond acceptors (Lipinski definition) is 6. The van der Waals surface area contributed by atoms with Crippen LogP contribution in [0.1, 0.15) is 12.6 Å². The number of rotatable bonds is 6. The predicted molar refractivity (Wildman–Crippen MR) is 76.7 cm³/mol. The average Bonchev–Trinajstić information content (AvgIpc) is 2.89. The molecule has 2 N–H and O–H groups in total. The van der Waals surface area contributed by atoms with E-state index in [-0.39, 0.29) is 10.6 Å². The summed E-state index contributed by atoms with van der Waals surface area (Å²) in [5, 5.41) is 19.2. The Balaban J connectivity index is 2.23. The van der Waals surface area contributed by atoms with Gasteiger partial charge < -0.3 is 10.6 Å². The highest BCUT2D eigenvalue weighted by Gasteiger charge is 2.18. The van der Waals surface area contributed by atoms with Gasteiger partial charge in [-0.2, -0.15) is 0 Å². The Morgan fingerprint density at radius 2 is 2.11 bits per heavy atom. The zero-order valence-corrected chi connectivity index (χ0v) is 11.2. The fraction of sp³-hybridized carbons (Fsp3) is 0.250. The topological polar surface area (TPSA) is 80.1 Å². The lowest BCUT2D eigenvalue weighted by Crippen LogP contribution is -2.06. The first kappa shape index (κ1) is 13.3. The summed E-state index contributed by atoms with van der Waals surface area (Å²) in [6.07, 6.45) is 0. The molecular weight excluding hydrogens is 264 g/mol. The number of nitrogens with zero attached hydrogens (tertiary/aromatic N) is 2. The fourth-order valence-corrected chi connectivity index (χ4v) is 2.28. The van der Waals surface area contributed by atoms with Crippen LogP contribution >= 0.6 is 11.3 Å². The third-order valence-corrected chi connectivity index (χ3v) is 3.16. The van der Waals surface area contributed by atoms with Gasteiger partial charge in [-0.25, -0.2) is 4.98 Å². The van der Waals surface area contributed by atoms with Crippen molar-refractivity contribution < 1.29 is 4.92 Å². The molecule has 0 saturated carbocycles. The molecule has 0 fully saturated rings. The van der Waals surface area contributed by atoms with E-state index < -0.39 is 0 Å². The van der Waals surface area contributed by atoms with E-state index in [9.17, 15) is 10.1 Å². The van der Waals surface area contributed by atoms with Gasteiger partial charge in [0.25, 0.3) is 0 Å². The first-order valence-corrected chi connectivity index (χ1v) is 6.79. The molecule has 1 heterocycles. The summed E-state index contributed by atoms with van der Waals surface area (Å²) in [6, 6.07) is 5.19. The molecule has 0 aliphatic heterocycles. The maximum Gasteiger partial charge on any atom is 0.315 e. The lowest BCUT2D eigenvalue weighted by Gasteiger charge is -2.10. The monoisotopic (exact) mass is 278 g/mol. The Bertz CT molecular complexity index is 557. The molecule has 7 heteroatoms. The summed E-state index contributed by atoms with van der Waals surface area (Å²) in [5.41, 5.74) is 3.69. The molecule has 0 amide bonds. The van der Waals surface area contributed by atoms with E-state index in [2.05, 4.69) is 15.6 Å². The molecule has 0 aliphatic carbocycles. The Labute approximate surface area is 114 Å². The standard InChI is InChI=1S/C12H14N4O2S/c1-2-13-10-4-3-5-11(12(10)16(17)18)14-6-9-7-19-8-15-9/h3-5,7-8,13-14H,2,6H2,1H3. The molecule has 100 valence electrons. The van der Waals surface area contributed by atoms with E-state index in [1.807, 2.05) is 12.3 Å². The van der Waals surface area contributed by atoms with Crippen molar-refractivity contribution in [3.63, 3.8) is 0 Å². The molecule has 0 atom stereocenters. The highest BCUT2D eigenvalue weighted by molar-refractivity contribution is 7.07. The van der Waals surface area contributed by atoms with Gasteiger partial charge in [0.05, 0.1) is 22.7 Å². The van der Waals surface area contributed by atoms with Crippen LogP contribution in [0.15, 0.2) is 29.1 Å². The Morgan fingerprint density at radius 1 is 1.37 bits per heavy atom. The molecule has 1 aromatic heterocycles. The third kappa shape index (κ3) is 3.19. The second-order valence-electron chi connectivity index (χ2n) is 3.82. The summed E-state index contributed by atoms with van der Waals surface area (Å²) >= 11 is 1.50. The number of benzene rings is 1. The highest BCUT2D eigenvalue weighted by Crippen LogP contribution is 2.32. The number of thiazole rings is 1. The van der Waals surface area contributed by atoms with Crippen molar-refractivity contribution >= 4 is 28.4 Å². The molecule has 0 spiro atoms. The lowest BCUT2D eigenvalue weighted by molar-refractivity contribution is -0.383. The minimum Gasteiger partial charge on any atom is -0.380 e. The van der Waals surface area contributed by atoms with Crippen LogP contribution < -0.4 is 10.6 Å². The van der Waals surface area contributed by atoms with Gasteiger partial charge in [-0.15, -0.1) is 11.3 Å². The second-order valence-corrected chi connectivity index (χ2v) is 4.54. The van der Waals surface area contributed by atoms with E-state index in [1.54, 1.807) is 23.7 Å². The number of nitro benzene ring substituents is 1. The van der Waals surface area contributed by atoms with Gasteiger partial charge >= 0.3 is 5.69 Å². The maximum absolute atomic E-state index is 11.2. The van der Waals surface area contributed by atoms with Crippen LogP contribution in [0.3, 0.4) is 0 Å². The molecule has 19 heavy (non-hydrogen) atoms. The number of para-hydroxylation sites is 1. The largest absolute Gasteiger partial charge is 0.380 e. The van der Waals surface area contributed by atoms with Crippen LogP contribution in [-0.2, 0) is 6.54 Å². The number of nitro groups is 1. The number of nitrogens with one attached hydrogen (secondary N) is 2. The van der Waals surface area contributed by atoms with Crippen LogP contribution in [0.25, 0.3) is 0 Å². The first-order chi connectivity index (χ1) is 9.22. The molecule has 2 rings (SSSR count). The van der Waals surface area contributed by atoms with Crippen molar-refractivity contribution in [1.29, 1.82) is 0 Å². The second kappa shape index (κ2) is 6.14. The van der Waals surface area contributed by atoms with Crippen LogP contribution in [0.4, 0.5) is 17.1 Å². The smallest absolute Gasteiger partial charge is 0.315 e. The molecule has 2 aromatic rings. The molecule has 0 radical (unpaired) electrons. The molecule has 0 aliphatic rings. The SMILES string of the molecule is CCNc1cccc(NCc2cscn2)c1[N+](=O)[O-]. The van der Waals surface area contributed by atoms with E-state index in [4.69, 9.17) is 0 Å². The highest BCUT2D eigenvalue weighted by atomic mass is 32.1. The normalized spacial score (nSPS) is 10.2. The quantitative estimate of drug-likeness (QED) is 0.627. The van der Waals surface area contributed by atoms with Gasteiger partial charge in [0.2, 0.25) is 0 Å². The fourth-order valence-electron chi connectivity index (χ4n) is 1.73. The van der Waals surface area contributed by atoms with Gasteiger partial charge in [0.15, 0.2) is 0 Å². The van der Waals surface area contributed by atoms with Gasteiger partial charge in [-0.1, -0.05) is 6.07 Å². The van der Waals surface area contributed by atoms with Gasteiger partial charge in [-0.3, -0.25) is 10.1 Å². The zero-order chi connectivity index (χ0) is 13.7. The van der Waals surface area contributed by atoms with E-state index >= 15 is 0 Å². The van der Waals surface area contributed by atoms with Crippen molar-refractivity contribution in [3.05, 3.63) is 44.9 Å². The van der Waals surface area contributed by atoms with Crippen molar-refractivity contribution in [2.45, 2.75) is 13.5 Å². The molecular formula is C12H14N4O2S. The third-order valence-electron chi connectivity index (χ3n) is 2.53. The van der Waals surface area contributed by atoms with Crippen molar-refractivity contribution in [2.24, 2.45) is 0 Å². The summed E-state index contributed by atoms with van der Waals surface area (Å²) in [7, 11) is 0. The summed E-state index contributed by atoms with van der Waals surface area (Å²) in [5.74, 6) is 0. The predicted octanol–water partition coefficient (Wildman–Crippen LogP) is 3.10. The van der Waals surface area contributed by atoms with Gasteiger partial charge in [0.1, 0.15) is 11.4 Å². The minimum atomic E-state index is -0.374. The summed E-state index contributed by atoms with van der Waals surface area (Å²) in [4.78, 5) is 15.0. The number of anilines is 2. The average molecular weight is 278 g/mol. The van der Waals surface area contributed by atoms with E-state index in [1.165, 1.54) is 11.3 Å². The van der Waals surface area contributed by atoms with Crippen LogP contribution in [0.2, 0.25) is 0 Å². The van der Waals surface area contributed by atoms with Crippen molar-refractivity contribution in [2.75, 3.05) is 17.2 Å². The summed E-state index contributed by atoms with van der Waals surface area (Å²) < 4.78 is 0. The molecule has 6 nitrogen and oxygen atoms in total. The molecule has 0 saturated heterocycles. The molecule has 0 unspecified atom stereocenters. The van der Waals surface area contributed by atoms with Crippen LogP contribution in [-0.4, -0.2) is 16.5 Å². The maximum atomic E-state index is 11.2. The van der Waals surface area contributed by atoms with Crippen molar-refractivity contribution in [1.82, 2.24) is 4.98 Å². The Morgan fingerprint density at radius 3 is 2.68 bits per heavy atom. The Hall–Kier alpha value is -2.15. The Kier molecular flexibility index (Phi) is 4.30. The van der Waals surface area contributed by atoms with Crippen LogP contribution in [0.5, 0.6) is 0 Å². The van der Waals surface area contributed by atoms with E-state index in [0.29, 0.717) is 24.5 Å². The number of aromatic nitrogens is 1.